The Hall–Kier alpha value is -1.51. The van der Waals surface area contributed by atoms with Gasteiger partial charge in [0.05, 0.1) is 6.61 Å². The number of hydrogen-bond acceptors (Lipinski definition) is 7. The summed E-state index contributed by atoms with van der Waals surface area (Å²) in [5.74, 6) is -1.85. The minimum atomic E-state index is -0.816. The molecule has 0 radical (unpaired) electrons. The molecule has 1 atom stereocenters. The molecule has 0 aromatic rings. The van der Waals surface area contributed by atoms with Crippen molar-refractivity contribution < 1.29 is 34.2 Å². The molecule has 1 heterocycles. The van der Waals surface area contributed by atoms with E-state index in [1.54, 1.807) is 0 Å². The summed E-state index contributed by atoms with van der Waals surface area (Å²) in [4.78, 5) is 38.6. The summed E-state index contributed by atoms with van der Waals surface area (Å²) in [5, 5.41) is 18.1. The summed E-state index contributed by atoms with van der Waals surface area (Å²) in [7, 11) is 0. The summed E-state index contributed by atoms with van der Waals surface area (Å²) in [6.07, 6.45) is 1.88. The van der Waals surface area contributed by atoms with Gasteiger partial charge >= 0.3 is 5.97 Å². The van der Waals surface area contributed by atoms with Crippen molar-refractivity contribution in [1.82, 2.24) is 5.06 Å². The van der Waals surface area contributed by atoms with Crippen molar-refractivity contribution in [2.75, 3.05) is 26.4 Å². The molecule has 1 saturated heterocycles. The third-order valence-electron chi connectivity index (χ3n) is 3.08. The second-order valence-electron chi connectivity index (χ2n) is 4.80. The van der Waals surface area contributed by atoms with Crippen molar-refractivity contribution >= 4 is 17.8 Å². The van der Waals surface area contributed by atoms with Gasteiger partial charge in [0.1, 0.15) is 6.61 Å². The van der Waals surface area contributed by atoms with E-state index in [0.717, 1.165) is 0 Å². The van der Waals surface area contributed by atoms with E-state index < -0.39 is 17.8 Å². The fourth-order valence-electron chi connectivity index (χ4n) is 1.97. The van der Waals surface area contributed by atoms with Crippen LogP contribution >= 0.6 is 0 Å². The molecular weight excluding hydrogens is 282 g/mol. The van der Waals surface area contributed by atoms with Crippen molar-refractivity contribution in [3.05, 3.63) is 0 Å². The van der Waals surface area contributed by atoms with Crippen LogP contribution in [0.25, 0.3) is 0 Å². The van der Waals surface area contributed by atoms with Crippen LogP contribution in [-0.4, -0.2) is 59.5 Å². The van der Waals surface area contributed by atoms with E-state index in [0.29, 0.717) is 24.3 Å². The van der Waals surface area contributed by atoms with E-state index in [1.807, 2.05) is 0 Å². The Balaban J connectivity index is 2.25. The standard InChI is InChI=1S/C13H21NO7/c15-6-1-2-10(5-7-16)8-20-9-13(19)21-14-11(17)3-4-12(14)18/h10,15-16H,1-9H2. The Labute approximate surface area is 122 Å². The molecule has 1 aliphatic rings. The Kier molecular flexibility index (Phi) is 7.88. The Morgan fingerprint density at radius 3 is 2.38 bits per heavy atom. The Bertz CT molecular complexity index is 356. The quantitative estimate of drug-likeness (QED) is 0.517. The number of nitrogens with zero attached hydrogens (tertiary/aromatic N) is 1. The van der Waals surface area contributed by atoms with Crippen LogP contribution in [0.5, 0.6) is 0 Å². The molecular formula is C13H21NO7. The lowest BCUT2D eigenvalue weighted by Gasteiger charge is -2.16. The first kappa shape index (κ1) is 17.5. The fraction of sp³-hybridized carbons (Fsp3) is 0.769. The molecule has 120 valence electrons. The first-order chi connectivity index (χ1) is 10.1. The summed E-state index contributed by atoms with van der Waals surface area (Å²) < 4.78 is 5.17. The molecule has 0 bridgehead atoms. The molecule has 1 rings (SSSR count). The summed E-state index contributed by atoms with van der Waals surface area (Å²) in [6.45, 7) is -0.0838. The number of hydrogen-bond donors (Lipinski definition) is 2. The van der Waals surface area contributed by atoms with Gasteiger partial charge in [-0.05, 0) is 25.2 Å². The second-order valence-corrected chi connectivity index (χ2v) is 4.80. The van der Waals surface area contributed by atoms with Crippen LogP contribution in [0.1, 0.15) is 32.1 Å². The lowest BCUT2D eigenvalue weighted by atomic mass is 10.0. The molecule has 1 fully saturated rings. The van der Waals surface area contributed by atoms with E-state index in [9.17, 15) is 14.4 Å². The number of rotatable bonds is 10. The van der Waals surface area contributed by atoms with Crippen molar-refractivity contribution in [1.29, 1.82) is 0 Å². The van der Waals surface area contributed by atoms with Gasteiger partial charge in [0, 0.05) is 26.1 Å². The lowest BCUT2D eigenvalue weighted by Crippen LogP contribution is -2.33. The van der Waals surface area contributed by atoms with Crippen molar-refractivity contribution in [3.63, 3.8) is 0 Å². The zero-order valence-corrected chi connectivity index (χ0v) is 11.8. The highest BCUT2D eigenvalue weighted by molar-refractivity contribution is 6.01. The normalized spacial score (nSPS) is 16.4. The van der Waals surface area contributed by atoms with E-state index in [4.69, 9.17) is 14.9 Å². The van der Waals surface area contributed by atoms with Gasteiger partial charge in [-0.1, -0.05) is 0 Å². The zero-order valence-electron chi connectivity index (χ0n) is 11.8. The zero-order chi connectivity index (χ0) is 15.7. The number of amides is 2. The number of aliphatic hydroxyl groups is 2. The predicted molar refractivity (Wildman–Crippen MR) is 69.5 cm³/mol. The van der Waals surface area contributed by atoms with Gasteiger partial charge in [0.15, 0.2) is 0 Å². The van der Waals surface area contributed by atoms with Gasteiger partial charge in [0.2, 0.25) is 0 Å². The van der Waals surface area contributed by atoms with E-state index in [-0.39, 0.29) is 45.2 Å². The predicted octanol–water partition coefficient (Wildman–Crippen LogP) is -0.619. The smallest absolute Gasteiger partial charge is 0.358 e. The number of carbonyl (C=O) groups is 3. The van der Waals surface area contributed by atoms with Gasteiger partial charge in [-0.3, -0.25) is 9.59 Å². The third-order valence-corrected chi connectivity index (χ3v) is 3.08. The summed E-state index contributed by atoms with van der Waals surface area (Å²) in [5.41, 5.74) is 0. The van der Waals surface area contributed by atoms with E-state index in [1.165, 1.54) is 0 Å². The molecule has 0 saturated carbocycles. The van der Waals surface area contributed by atoms with E-state index in [2.05, 4.69) is 4.84 Å². The average Bonchev–Trinajstić information content (AvgIpc) is 2.76. The minimum absolute atomic E-state index is 0.000678. The number of hydroxylamine groups is 2. The van der Waals surface area contributed by atoms with Gasteiger partial charge in [-0.25, -0.2) is 4.79 Å². The highest BCUT2D eigenvalue weighted by atomic mass is 16.7. The Morgan fingerprint density at radius 2 is 1.81 bits per heavy atom. The minimum Gasteiger partial charge on any atom is -0.396 e. The van der Waals surface area contributed by atoms with Crippen LogP contribution in [0, 0.1) is 5.92 Å². The molecule has 2 amide bonds. The van der Waals surface area contributed by atoms with Crippen molar-refractivity contribution in [2.24, 2.45) is 5.92 Å². The van der Waals surface area contributed by atoms with Crippen molar-refractivity contribution in [3.8, 4) is 0 Å². The van der Waals surface area contributed by atoms with Gasteiger partial charge in [-0.15, -0.1) is 5.06 Å². The second kappa shape index (κ2) is 9.43. The molecule has 8 nitrogen and oxygen atoms in total. The first-order valence-corrected chi connectivity index (χ1v) is 6.94. The topological polar surface area (TPSA) is 113 Å². The molecule has 8 heteroatoms. The van der Waals surface area contributed by atoms with Crippen LogP contribution in [-0.2, 0) is 24.0 Å². The first-order valence-electron chi connectivity index (χ1n) is 6.94. The maximum absolute atomic E-state index is 11.5. The third kappa shape index (κ3) is 6.19. The highest BCUT2D eigenvalue weighted by Crippen LogP contribution is 2.13. The molecule has 1 aliphatic heterocycles. The van der Waals surface area contributed by atoms with Crippen LogP contribution < -0.4 is 0 Å². The average molecular weight is 303 g/mol. The largest absolute Gasteiger partial charge is 0.396 e. The van der Waals surface area contributed by atoms with Gasteiger partial charge in [-0.2, -0.15) is 0 Å². The molecule has 0 aliphatic carbocycles. The number of aliphatic hydroxyl groups excluding tert-OH is 2. The number of carbonyl (C=O) groups excluding carboxylic acids is 3. The Morgan fingerprint density at radius 1 is 1.14 bits per heavy atom. The fourth-order valence-corrected chi connectivity index (χ4v) is 1.97. The van der Waals surface area contributed by atoms with Gasteiger partial charge in [0.25, 0.3) is 11.8 Å². The van der Waals surface area contributed by atoms with Crippen LogP contribution in [0.4, 0.5) is 0 Å². The molecule has 2 N–H and O–H groups in total. The maximum atomic E-state index is 11.5. The van der Waals surface area contributed by atoms with Crippen LogP contribution in [0.15, 0.2) is 0 Å². The lowest BCUT2D eigenvalue weighted by molar-refractivity contribution is -0.200. The monoisotopic (exact) mass is 303 g/mol. The molecule has 0 aromatic heterocycles. The van der Waals surface area contributed by atoms with Crippen molar-refractivity contribution in [2.45, 2.75) is 32.1 Å². The number of ether oxygens (including phenoxy) is 1. The van der Waals surface area contributed by atoms with Gasteiger partial charge < -0.3 is 19.8 Å². The van der Waals surface area contributed by atoms with Crippen LogP contribution in [0.2, 0.25) is 0 Å². The summed E-state index contributed by atoms with van der Waals surface area (Å²) in [6, 6.07) is 0. The van der Waals surface area contributed by atoms with Crippen LogP contribution in [0.3, 0.4) is 0 Å². The molecule has 0 spiro atoms. The molecule has 21 heavy (non-hydrogen) atoms. The van der Waals surface area contributed by atoms with E-state index >= 15 is 0 Å². The number of imide groups is 1. The molecule has 0 aromatic carbocycles. The molecule has 1 unspecified atom stereocenters. The summed E-state index contributed by atoms with van der Waals surface area (Å²) >= 11 is 0. The SMILES string of the molecule is O=C(COCC(CCO)CCCO)ON1C(=O)CCC1=O. The highest BCUT2D eigenvalue weighted by Gasteiger charge is 2.32. The maximum Gasteiger partial charge on any atom is 0.358 e.